The van der Waals surface area contributed by atoms with Crippen molar-refractivity contribution < 1.29 is 14.6 Å². The zero-order valence-electron chi connectivity index (χ0n) is 16.3. The molecule has 25 heavy (non-hydrogen) atoms. The normalized spacial score (nSPS) is 23.4. The zero-order chi connectivity index (χ0) is 18.4. The maximum Gasteiger partial charge on any atom is 0.178 e. The lowest BCUT2D eigenvalue weighted by Crippen LogP contribution is -2.20. The van der Waals surface area contributed by atoms with E-state index >= 15 is 0 Å². The van der Waals surface area contributed by atoms with Gasteiger partial charge in [0.15, 0.2) is 6.29 Å². The van der Waals surface area contributed by atoms with E-state index in [1.165, 1.54) is 30.4 Å². The summed E-state index contributed by atoms with van der Waals surface area (Å²) in [7, 11) is 0. The van der Waals surface area contributed by atoms with Crippen molar-refractivity contribution in [1.29, 1.82) is 0 Å². The summed E-state index contributed by atoms with van der Waals surface area (Å²) in [5.41, 5.74) is 5.05. The van der Waals surface area contributed by atoms with Crippen molar-refractivity contribution in [1.82, 2.24) is 0 Å². The molecule has 0 radical (unpaired) electrons. The molecule has 0 bridgehead atoms. The molecule has 0 saturated carbocycles. The SMILES string of the molecule is CC1=C(C/C=C(\C)C(O)C#C/C(C)=C/C2OCCO2)C(C)(C)CCC1. The molecule has 1 saturated heterocycles. The molecular weight excluding hydrogens is 312 g/mol. The first-order valence-electron chi connectivity index (χ1n) is 9.26. The Balaban J connectivity index is 1.98. The Kier molecular flexibility index (Phi) is 7.07. The molecule has 1 unspecified atom stereocenters. The van der Waals surface area contributed by atoms with Gasteiger partial charge in [0.05, 0.1) is 13.2 Å². The summed E-state index contributed by atoms with van der Waals surface area (Å²) in [5, 5.41) is 10.3. The van der Waals surface area contributed by atoms with E-state index < -0.39 is 6.10 Å². The molecule has 1 aliphatic heterocycles. The highest BCUT2D eigenvalue weighted by Gasteiger charge is 2.27. The Morgan fingerprint density at radius 3 is 2.64 bits per heavy atom. The van der Waals surface area contributed by atoms with E-state index in [-0.39, 0.29) is 11.7 Å². The molecule has 3 nitrogen and oxygen atoms in total. The predicted octanol–water partition coefficient (Wildman–Crippen LogP) is 4.53. The van der Waals surface area contributed by atoms with Crippen molar-refractivity contribution in [3.63, 3.8) is 0 Å². The second-order valence-electron chi connectivity index (χ2n) is 7.78. The monoisotopic (exact) mass is 344 g/mol. The molecule has 0 aromatic rings. The lowest BCUT2D eigenvalue weighted by molar-refractivity contribution is -0.00193. The maximum absolute atomic E-state index is 10.3. The second kappa shape index (κ2) is 8.85. The molecule has 1 atom stereocenters. The van der Waals surface area contributed by atoms with Crippen LogP contribution in [0, 0.1) is 17.3 Å². The number of rotatable bonds is 4. The Labute approximate surface area is 152 Å². The second-order valence-corrected chi connectivity index (χ2v) is 7.78. The number of aliphatic hydroxyl groups excluding tert-OH is 1. The van der Waals surface area contributed by atoms with Crippen LogP contribution < -0.4 is 0 Å². The van der Waals surface area contributed by atoms with Crippen LogP contribution in [0.5, 0.6) is 0 Å². The van der Waals surface area contributed by atoms with Gasteiger partial charge in [-0.05, 0) is 63.5 Å². The van der Waals surface area contributed by atoms with E-state index in [1.54, 1.807) is 0 Å². The highest BCUT2D eigenvalue weighted by Crippen LogP contribution is 2.42. The van der Waals surface area contributed by atoms with Crippen LogP contribution in [0.3, 0.4) is 0 Å². The first kappa shape index (κ1) is 20.0. The molecule has 0 spiro atoms. The van der Waals surface area contributed by atoms with Crippen molar-refractivity contribution in [2.75, 3.05) is 13.2 Å². The van der Waals surface area contributed by atoms with Gasteiger partial charge >= 0.3 is 0 Å². The maximum atomic E-state index is 10.3. The highest BCUT2D eigenvalue weighted by atomic mass is 16.7. The fourth-order valence-electron chi connectivity index (χ4n) is 3.51. The average Bonchev–Trinajstić information content (AvgIpc) is 3.04. The minimum Gasteiger partial charge on any atom is -0.376 e. The van der Waals surface area contributed by atoms with Crippen LogP contribution in [0.4, 0.5) is 0 Å². The predicted molar refractivity (Wildman–Crippen MR) is 102 cm³/mol. The fourth-order valence-corrected chi connectivity index (χ4v) is 3.51. The number of aliphatic hydroxyl groups is 1. The molecule has 1 aliphatic carbocycles. The quantitative estimate of drug-likeness (QED) is 0.601. The Bertz CT molecular complexity index is 619. The van der Waals surface area contributed by atoms with Gasteiger partial charge in [-0.1, -0.05) is 42.9 Å². The van der Waals surface area contributed by atoms with Gasteiger partial charge < -0.3 is 14.6 Å². The smallest absolute Gasteiger partial charge is 0.178 e. The van der Waals surface area contributed by atoms with Gasteiger partial charge in [-0.15, -0.1) is 0 Å². The van der Waals surface area contributed by atoms with E-state index in [2.05, 4.69) is 38.7 Å². The number of hydrogen-bond acceptors (Lipinski definition) is 3. The van der Waals surface area contributed by atoms with Crippen molar-refractivity contribution in [2.45, 2.75) is 72.7 Å². The third kappa shape index (κ3) is 5.85. The highest BCUT2D eigenvalue weighted by molar-refractivity contribution is 5.33. The molecular formula is C22H32O3. The standard InChI is InChI=1S/C22H32O3/c1-16(15-21-24-13-14-25-21)8-11-20(23)18(3)9-10-19-17(2)7-6-12-22(19,4)5/h9,15,20-21,23H,6-7,10,12-14H2,1-5H3/b16-15+,18-9+. The van der Waals surface area contributed by atoms with Crippen LogP contribution in [-0.2, 0) is 9.47 Å². The molecule has 3 heteroatoms. The van der Waals surface area contributed by atoms with Crippen LogP contribution >= 0.6 is 0 Å². The number of ether oxygens (including phenoxy) is 2. The van der Waals surface area contributed by atoms with Gasteiger partial charge in [0.25, 0.3) is 0 Å². The minimum atomic E-state index is -0.735. The number of hydrogen-bond donors (Lipinski definition) is 1. The van der Waals surface area contributed by atoms with E-state index in [0.717, 1.165) is 17.6 Å². The van der Waals surface area contributed by atoms with E-state index in [4.69, 9.17) is 9.47 Å². The molecule has 138 valence electrons. The summed E-state index contributed by atoms with van der Waals surface area (Å²) in [6.07, 6.45) is 7.57. The Hall–Kier alpha value is -1.34. The van der Waals surface area contributed by atoms with Gasteiger partial charge in [-0.3, -0.25) is 0 Å². The molecule has 0 aromatic carbocycles. The van der Waals surface area contributed by atoms with Gasteiger partial charge in [-0.25, -0.2) is 0 Å². The molecule has 2 rings (SSSR count). The van der Waals surface area contributed by atoms with Crippen LogP contribution in [0.1, 0.15) is 60.3 Å². The van der Waals surface area contributed by atoms with Crippen molar-refractivity contribution in [3.05, 3.63) is 34.4 Å². The van der Waals surface area contributed by atoms with E-state index in [9.17, 15) is 5.11 Å². The Morgan fingerprint density at radius 1 is 1.32 bits per heavy atom. The Morgan fingerprint density at radius 2 is 2.00 bits per heavy atom. The molecule has 0 amide bonds. The van der Waals surface area contributed by atoms with Crippen molar-refractivity contribution in [3.8, 4) is 11.8 Å². The van der Waals surface area contributed by atoms with E-state index in [0.29, 0.717) is 13.2 Å². The number of allylic oxidation sites excluding steroid dienone is 4. The van der Waals surface area contributed by atoms with Gasteiger partial charge in [-0.2, -0.15) is 0 Å². The molecule has 1 fully saturated rings. The molecule has 1 heterocycles. The van der Waals surface area contributed by atoms with Crippen LogP contribution in [0.15, 0.2) is 34.4 Å². The van der Waals surface area contributed by atoms with Crippen LogP contribution in [0.2, 0.25) is 0 Å². The third-order valence-corrected chi connectivity index (χ3v) is 5.18. The summed E-state index contributed by atoms with van der Waals surface area (Å²) in [6, 6.07) is 0. The fraction of sp³-hybridized carbons (Fsp3) is 0.636. The molecule has 2 aliphatic rings. The largest absolute Gasteiger partial charge is 0.376 e. The summed E-state index contributed by atoms with van der Waals surface area (Å²) in [6.45, 7) is 12.0. The topological polar surface area (TPSA) is 38.7 Å². The summed E-state index contributed by atoms with van der Waals surface area (Å²) >= 11 is 0. The summed E-state index contributed by atoms with van der Waals surface area (Å²) < 4.78 is 10.7. The van der Waals surface area contributed by atoms with Gasteiger partial charge in [0, 0.05) is 5.57 Å². The third-order valence-electron chi connectivity index (χ3n) is 5.18. The molecule has 0 aromatic heterocycles. The van der Waals surface area contributed by atoms with Crippen molar-refractivity contribution in [2.24, 2.45) is 5.41 Å². The van der Waals surface area contributed by atoms with Crippen LogP contribution in [0.25, 0.3) is 0 Å². The molecule has 1 N–H and O–H groups in total. The summed E-state index contributed by atoms with van der Waals surface area (Å²) in [4.78, 5) is 0. The summed E-state index contributed by atoms with van der Waals surface area (Å²) in [5.74, 6) is 5.92. The lowest BCUT2D eigenvalue weighted by Gasteiger charge is -2.34. The van der Waals surface area contributed by atoms with Gasteiger partial charge in [0.2, 0.25) is 0 Å². The minimum absolute atomic E-state index is 0.260. The zero-order valence-corrected chi connectivity index (χ0v) is 16.3. The van der Waals surface area contributed by atoms with Crippen LogP contribution in [-0.4, -0.2) is 30.7 Å². The lowest BCUT2D eigenvalue weighted by atomic mass is 9.71. The van der Waals surface area contributed by atoms with E-state index in [1.807, 2.05) is 19.9 Å². The average molecular weight is 344 g/mol. The first-order chi connectivity index (χ1) is 11.8. The first-order valence-corrected chi connectivity index (χ1v) is 9.26. The van der Waals surface area contributed by atoms with Crippen molar-refractivity contribution >= 4 is 0 Å². The van der Waals surface area contributed by atoms with Gasteiger partial charge in [0.1, 0.15) is 6.10 Å².